The molecule has 0 aliphatic rings. The van der Waals surface area contributed by atoms with Crippen LogP contribution < -0.4 is 16.0 Å². The quantitative estimate of drug-likeness (QED) is 0.764. The maximum Gasteiger partial charge on any atom is 0.319 e. The molecule has 6 heteroatoms. The Morgan fingerprint density at radius 1 is 1.09 bits per heavy atom. The Hall–Kier alpha value is -2.89. The van der Waals surface area contributed by atoms with Crippen LogP contribution in [0.25, 0.3) is 0 Å². The third-order valence-electron chi connectivity index (χ3n) is 3.16. The summed E-state index contributed by atoms with van der Waals surface area (Å²) in [5.41, 5.74) is 2.27. The van der Waals surface area contributed by atoms with Crippen LogP contribution in [0.5, 0.6) is 0 Å². The normalized spacial score (nSPS) is 9.96. The highest BCUT2D eigenvalue weighted by atomic mass is 16.2. The van der Waals surface area contributed by atoms with Gasteiger partial charge in [0.05, 0.1) is 0 Å². The van der Waals surface area contributed by atoms with Crippen molar-refractivity contribution in [1.82, 2.24) is 15.6 Å². The lowest BCUT2D eigenvalue weighted by Gasteiger charge is -2.08. The van der Waals surface area contributed by atoms with E-state index in [4.69, 9.17) is 0 Å². The molecule has 0 radical (unpaired) electrons. The lowest BCUT2D eigenvalue weighted by molar-refractivity contribution is 0.0956. The molecule has 3 N–H and O–H groups in total. The first-order valence-corrected chi connectivity index (χ1v) is 7.51. The summed E-state index contributed by atoms with van der Waals surface area (Å²) in [5.74, 6) is -0.125. The summed E-state index contributed by atoms with van der Waals surface area (Å²) in [5, 5.41) is 8.23. The topological polar surface area (TPSA) is 83.1 Å². The molecule has 0 aliphatic heterocycles. The van der Waals surface area contributed by atoms with Crippen molar-refractivity contribution in [1.29, 1.82) is 0 Å². The van der Waals surface area contributed by atoms with E-state index in [1.807, 2.05) is 19.1 Å². The van der Waals surface area contributed by atoms with Gasteiger partial charge in [0, 0.05) is 36.7 Å². The van der Waals surface area contributed by atoms with Gasteiger partial charge in [0.1, 0.15) is 0 Å². The number of pyridine rings is 1. The summed E-state index contributed by atoms with van der Waals surface area (Å²) in [4.78, 5) is 27.5. The van der Waals surface area contributed by atoms with Crippen molar-refractivity contribution in [2.45, 2.75) is 13.3 Å². The summed E-state index contributed by atoms with van der Waals surface area (Å²) < 4.78 is 0. The number of carbonyl (C=O) groups is 2. The molecule has 0 bridgehead atoms. The highest BCUT2D eigenvalue weighted by Crippen LogP contribution is 2.09. The molecule has 120 valence electrons. The van der Waals surface area contributed by atoms with Crippen LogP contribution >= 0.6 is 0 Å². The number of nitrogens with one attached hydrogen (secondary N) is 3. The van der Waals surface area contributed by atoms with Crippen LogP contribution in [0, 0.1) is 0 Å². The largest absolute Gasteiger partial charge is 0.352 e. The van der Waals surface area contributed by atoms with Gasteiger partial charge in [-0.25, -0.2) is 4.79 Å². The van der Waals surface area contributed by atoms with Crippen molar-refractivity contribution in [2.24, 2.45) is 0 Å². The van der Waals surface area contributed by atoms with Crippen LogP contribution in [-0.2, 0) is 6.42 Å². The third kappa shape index (κ3) is 5.43. The Bertz CT molecular complexity index is 641. The predicted molar refractivity (Wildman–Crippen MR) is 89.4 cm³/mol. The highest BCUT2D eigenvalue weighted by Gasteiger charge is 2.05. The average molecular weight is 312 g/mol. The molecule has 6 nitrogen and oxygen atoms in total. The number of nitrogens with zero attached hydrogens (tertiary/aromatic N) is 1. The molecule has 0 saturated heterocycles. The number of urea groups is 1. The standard InChI is InChI=1S/C17H20N4O2/c1-2-19-16(22)14-5-7-15(8-6-14)21-17(23)20-11-9-13-4-3-10-18-12-13/h3-8,10,12H,2,9,11H2,1H3,(H,19,22)(H2,20,21,23). The van der Waals surface area contributed by atoms with E-state index in [0.29, 0.717) is 24.3 Å². The third-order valence-corrected chi connectivity index (χ3v) is 3.16. The minimum absolute atomic E-state index is 0.125. The molecule has 1 aromatic carbocycles. The van der Waals surface area contributed by atoms with Crippen LogP contribution in [0.15, 0.2) is 48.8 Å². The summed E-state index contributed by atoms with van der Waals surface area (Å²) in [6.45, 7) is 2.97. The van der Waals surface area contributed by atoms with E-state index >= 15 is 0 Å². The van der Waals surface area contributed by atoms with E-state index in [9.17, 15) is 9.59 Å². The molecule has 0 spiro atoms. The zero-order valence-electron chi connectivity index (χ0n) is 13.0. The Morgan fingerprint density at radius 3 is 2.52 bits per heavy atom. The molecule has 0 saturated carbocycles. The van der Waals surface area contributed by atoms with Crippen molar-refractivity contribution >= 4 is 17.6 Å². The van der Waals surface area contributed by atoms with Gasteiger partial charge in [-0.2, -0.15) is 0 Å². The second-order valence-electron chi connectivity index (χ2n) is 4.93. The Kier molecular flexibility index (Phi) is 6.11. The predicted octanol–water partition coefficient (Wildman–Crippen LogP) is 2.20. The van der Waals surface area contributed by atoms with Crippen LogP contribution in [0.1, 0.15) is 22.8 Å². The summed E-state index contributed by atoms with van der Waals surface area (Å²) in [6, 6.07) is 10.3. The first-order valence-electron chi connectivity index (χ1n) is 7.51. The van der Waals surface area contributed by atoms with Crippen molar-refractivity contribution in [3.05, 3.63) is 59.9 Å². The van der Waals surface area contributed by atoms with E-state index in [1.54, 1.807) is 36.7 Å². The highest BCUT2D eigenvalue weighted by molar-refractivity contribution is 5.95. The Morgan fingerprint density at radius 2 is 1.87 bits per heavy atom. The number of benzene rings is 1. The van der Waals surface area contributed by atoms with Crippen LogP contribution in [-0.4, -0.2) is 30.0 Å². The van der Waals surface area contributed by atoms with Gasteiger partial charge in [0.15, 0.2) is 0 Å². The van der Waals surface area contributed by atoms with E-state index in [1.165, 1.54) is 0 Å². The number of amides is 3. The van der Waals surface area contributed by atoms with Crippen molar-refractivity contribution in [2.75, 3.05) is 18.4 Å². The van der Waals surface area contributed by atoms with Gasteiger partial charge >= 0.3 is 6.03 Å². The van der Waals surface area contributed by atoms with E-state index in [2.05, 4.69) is 20.9 Å². The zero-order valence-corrected chi connectivity index (χ0v) is 13.0. The fourth-order valence-corrected chi connectivity index (χ4v) is 2.01. The SMILES string of the molecule is CCNC(=O)c1ccc(NC(=O)NCCc2cccnc2)cc1. The van der Waals surface area contributed by atoms with E-state index < -0.39 is 0 Å². The number of hydrogen-bond acceptors (Lipinski definition) is 3. The van der Waals surface area contributed by atoms with Crippen molar-refractivity contribution in [3.63, 3.8) is 0 Å². The minimum Gasteiger partial charge on any atom is -0.352 e. The van der Waals surface area contributed by atoms with Crippen molar-refractivity contribution in [3.8, 4) is 0 Å². The van der Waals surface area contributed by atoms with Gasteiger partial charge in [-0.05, 0) is 49.2 Å². The Balaban J connectivity index is 1.77. The number of rotatable bonds is 6. The lowest BCUT2D eigenvalue weighted by Crippen LogP contribution is -2.30. The van der Waals surface area contributed by atoms with Gasteiger partial charge in [-0.15, -0.1) is 0 Å². The fraction of sp³-hybridized carbons (Fsp3) is 0.235. The smallest absolute Gasteiger partial charge is 0.319 e. The molecule has 0 aliphatic carbocycles. The molecule has 2 aromatic rings. The van der Waals surface area contributed by atoms with Gasteiger partial charge in [0.25, 0.3) is 5.91 Å². The second kappa shape index (κ2) is 8.53. The maximum atomic E-state index is 11.8. The minimum atomic E-state index is -0.278. The Labute approximate surface area is 135 Å². The monoisotopic (exact) mass is 312 g/mol. The lowest BCUT2D eigenvalue weighted by atomic mass is 10.2. The number of anilines is 1. The molecule has 0 unspecified atom stereocenters. The van der Waals surface area contributed by atoms with E-state index in [0.717, 1.165) is 12.0 Å². The maximum absolute atomic E-state index is 11.8. The molecule has 1 heterocycles. The molecule has 0 fully saturated rings. The van der Waals surface area contributed by atoms with Crippen molar-refractivity contribution < 1.29 is 9.59 Å². The van der Waals surface area contributed by atoms with Gasteiger partial charge in [-0.3, -0.25) is 9.78 Å². The molecule has 23 heavy (non-hydrogen) atoms. The summed E-state index contributed by atoms with van der Waals surface area (Å²) >= 11 is 0. The van der Waals surface area contributed by atoms with Gasteiger partial charge in [-0.1, -0.05) is 6.07 Å². The molecular weight excluding hydrogens is 292 g/mol. The van der Waals surface area contributed by atoms with Crippen LogP contribution in [0.2, 0.25) is 0 Å². The molecular formula is C17H20N4O2. The summed E-state index contributed by atoms with van der Waals surface area (Å²) in [6.07, 6.45) is 4.21. The number of aromatic nitrogens is 1. The van der Waals surface area contributed by atoms with Crippen LogP contribution in [0.4, 0.5) is 10.5 Å². The number of hydrogen-bond donors (Lipinski definition) is 3. The molecule has 3 amide bonds. The zero-order chi connectivity index (χ0) is 16.5. The number of carbonyl (C=O) groups excluding carboxylic acids is 2. The molecule has 2 rings (SSSR count). The van der Waals surface area contributed by atoms with E-state index in [-0.39, 0.29) is 11.9 Å². The second-order valence-corrected chi connectivity index (χ2v) is 4.93. The first-order chi connectivity index (χ1) is 11.2. The first kappa shape index (κ1) is 16.5. The fourth-order valence-electron chi connectivity index (χ4n) is 2.01. The molecule has 0 atom stereocenters. The molecule has 1 aromatic heterocycles. The van der Waals surface area contributed by atoms with Gasteiger partial charge < -0.3 is 16.0 Å². The van der Waals surface area contributed by atoms with Gasteiger partial charge in [0.2, 0.25) is 0 Å². The van der Waals surface area contributed by atoms with Crippen LogP contribution in [0.3, 0.4) is 0 Å². The average Bonchev–Trinajstić information content (AvgIpc) is 2.57. The summed E-state index contributed by atoms with van der Waals surface area (Å²) in [7, 11) is 0.